The predicted octanol–water partition coefficient (Wildman–Crippen LogP) is 4.50. The molecule has 3 rings (SSSR count). The Balaban J connectivity index is 1.98. The van der Waals surface area contributed by atoms with E-state index in [1.165, 1.54) is 57.8 Å². The van der Waals surface area contributed by atoms with Gasteiger partial charge in [-0.25, -0.2) is 0 Å². The third-order valence-electron chi connectivity index (χ3n) is 5.53. The fourth-order valence-electron chi connectivity index (χ4n) is 4.38. The Morgan fingerprint density at radius 1 is 0.947 bits per heavy atom. The molecule has 1 heteroatoms. The van der Waals surface area contributed by atoms with Crippen LogP contribution in [0.15, 0.2) is 24.3 Å². The van der Waals surface area contributed by atoms with Crippen LogP contribution in [0.4, 0.5) is 0 Å². The van der Waals surface area contributed by atoms with Crippen molar-refractivity contribution in [3.63, 3.8) is 0 Å². The molecule has 2 saturated carbocycles. The lowest BCUT2D eigenvalue weighted by atomic mass is 9.67. The van der Waals surface area contributed by atoms with Crippen LogP contribution >= 0.6 is 0 Å². The molecule has 0 amide bonds. The third-order valence-corrected chi connectivity index (χ3v) is 5.53. The molecule has 0 radical (unpaired) electrons. The molecule has 19 heavy (non-hydrogen) atoms. The Bertz CT molecular complexity index is 411. The molecule has 0 aromatic heterocycles. The van der Waals surface area contributed by atoms with Gasteiger partial charge in [-0.1, -0.05) is 56.4 Å². The second kappa shape index (κ2) is 5.66. The standard InChI is InChI=1S/C18H27N/c19-14-18(12-6-1-7-13-18)17-11-5-4-10-16(17)15-8-2-3-9-15/h4-5,10-11,15H,1-3,6-9,12-14,19H2. The van der Waals surface area contributed by atoms with Crippen LogP contribution in [-0.4, -0.2) is 6.54 Å². The fourth-order valence-corrected chi connectivity index (χ4v) is 4.38. The van der Waals surface area contributed by atoms with E-state index in [1.54, 1.807) is 11.1 Å². The molecule has 2 aliphatic carbocycles. The van der Waals surface area contributed by atoms with Gasteiger partial charge in [-0.3, -0.25) is 0 Å². The van der Waals surface area contributed by atoms with Gasteiger partial charge >= 0.3 is 0 Å². The molecule has 2 N–H and O–H groups in total. The predicted molar refractivity (Wildman–Crippen MR) is 81.5 cm³/mol. The van der Waals surface area contributed by atoms with E-state index in [-0.39, 0.29) is 5.41 Å². The molecule has 2 aliphatic rings. The zero-order chi connectivity index (χ0) is 13.1. The van der Waals surface area contributed by atoms with Crippen molar-refractivity contribution in [1.29, 1.82) is 0 Å². The lowest BCUT2D eigenvalue weighted by molar-refractivity contribution is 0.298. The maximum atomic E-state index is 6.24. The summed E-state index contributed by atoms with van der Waals surface area (Å²) in [5.41, 5.74) is 9.76. The van der Waals surface area contributed by atoms with Gasteiger partial charge in [0.25, 0.3) is 0 Å². The molecule has 0 bridgehead atoms. The SMILES string of the molecule is NCC1(c2ccccc2C2CCCC2)CCCCC1. The normalized spacial score (nSPS) is 23.6. The molecule has 0 atom stereocenters. The molecule has 2 fully saturated rings. The number of nitrogens with two attached hydrogens (primary N) is 1. The summed E-state index contributed by atoms with van der Waals surface area (Å²) in [4.78, 5) is 0. The largest absolute Gasteiger partial charge is 0.330 e. The fraction of sp³-hybridized carbons (Fsp3) is 0.667. The van der Waals surface area contributed by atoms with Crippen molar-refractivity contribution >= 4 is 0 Å². The monoisotopic (exact) mass is 257 g/mol. The van der Waals surface area contributed by atoms with Gasteiger partial charge in [-0.15, -0.1) is 0 Å². The van der Waals surface area contributed by atoms with E-state index in [0.29, 0.717) is 0 Å². The van der Waals surface area contributed by atoms with Gasteiger partial charge in [0.1, 0.15) is 0 Å². The number of hydrogen-bond donors (Lipinski definition) is 1. The molecular formula is C18H27N. The molecule has 0 spiro atoms. The lowest BCUT2D eigenvalue weighted by Gasteiger charge is -2.39. The third kappa shape index (κ3) is 2.45. The Morgan fingerprint density at radius 2 is 1.63 bits per heavy atom. The first kappa shape index (κ1) is 13.2. The average Bonchev–Trinajstić information content (AvgIpc) is 3.02. The minimum atomic E-state index is 0.289. The van der Waals surface area contributed by atoms with Gasteiger partial charge in [-0.2, -0.15) is 0 Å². The van der Waals surface area contributed by atoms with Gasteiger partial charge < -0.3 is 5.73 Å². The summed E-state index contributed by atoms with van der Waals surface area (Å²) in [7, 11) is 0. The van der Waals surface area contributed by atoms with E-state index in [9.17, 15) is 0 Å². The van der Waals surface area contributed by atoms with E-state index in [4.69, 9.17) is 5.73 Å². The highest BCUT2D eigenvalue weighted by Gasteiger charge is 2.35. The van der Waals surface area contributed by atoms with Gasteiger partial charge in [0, 0.05) is 12.0 Å². The molecule has 1 nitrogen and oxygen atoms in total. The van der Waals surface area contributed by atoms with Crippen LogP contribution < -0.4 is 5.73 Å². The van der Waals surface area contributed by atoms with E-state index in [1.807, 2.05) is 0 Å². The van der Waals surface area contributed by atoms with Gasteiger partial charge in [0.2, 0.25) is 0 Å². The van der Waals surface area contributed by atoms with Crippen molar-refractivity contribution in [2.45, 2.75) is 69.1 Å². The maximum Gasteiger partial charge on any atom is 0.00783 e. The van der Waals surface area contributed by atoms with Crippen LogP contribution in [0.2, 0.25) is 0 Å². The Hall–Kier alpha value is -0.820. The first-order valence-electron chi connectivity index (χ1n) is 8.15. The Labute approximate surface area is 117 Å². The summed E-state index contributed by atoms with van der Waals surface area (Å²) < 4.78 is 0. The van der Waals surface area contributed by atoms with Crippen molar-refractivity contribution < 1.29 is 0 Å². The molecular weight excluding hydrogens is 230 g/mol. The van der Waals surface area contributed by atoms with Crippen molar-refractivity contribution in [3.05, 3.63) is 35.4 Å². The summed E-state index contributed by atoms with van der Waals surface area (Å²) >= 11 is 0. The van der Waals surface area contributed by atoms with Crippen molar-refractivity contribution in [2.75, 3.05) is 6.54 Å². The summed E-state index contributed by atoms with van der Waals surface area (Å²) in [5, 5.41) is 0. The van der Waals surface area contributed by atoms with Crippen LogP contribution in [-0.2, 0) is 5.41 Å². The zero-order valence-electron chi connectivity index (χ0n) is 12.0. The Morgan fingerprint density at radius 3 is 2.32 bits per heavy atom. The highest BCUT2D eigenvalue weighted by molar-refractivity contribution is 5.38. The smallest absolute Gasteiger partial charge is 0.00783 e. The van der Waals surface area contributed by atoms with Gasteiger partial charge in [0.05, 0.1) is 0 Å². The molecule has 0 unspecified atom stereocenters. The zero-order valence-corrected chi connectivity index (χ0v) is 12.0. The second-order valence-corrected chi connectivity index (χ2v) is 6.61. The summed E-state index contributed by atoms with van der Waals surface area (Å²) in [6.07, 6.45) is 12.3. The van der Waals surface area contributed by atoms with E-state index < -0.39 is 0 Å². The van der Waals surface area contributed by atoms with E-state index in [2.05, 4.69) is 24.3 Å². The van der Waals surface area contributed by atoms with Crippen LogP contribution in [0.3, 0.4) is 0 Å². The van der Waals surface area contributed by atoms with E-state index >= 15 is 0 Å². The summed E-state index contributed by atoms with van der Waals surface area (Å²) in [5.74, 6) is 0.807. The number of rotatable bonds is 3. The van der Waals surface area contributed by atoms with Crippen LogP contribution in [0.5, 0.6) is 0 Å². The van der Waals surface area contributed by atoms with Gasteiger partial charge in [0.15, 0.2) is 0 Å². The molecule has 0 heterocycles. The summed E-state index contributed by atoms with van der Waals surface area (Å²) in [6, 6.07) is 9.22. The van der Waals surface area contributed by atoms with E-state index in [0.717, 1.165) is 12.5 Å². The van der Waals surface area contributed by atoms with Gasteiger partial charge in [-0.05, 0) is 42.7 Å². The average molecular weight is 257 g/mol. The quantitative estimate of drug-likeness (QED) is 0.847. The first-order valence-corrected chi connectivity index (χ1v) is 8.15. The molecule has 1 aromatic rings. The Kier molecular flexibility index (Phi) is 3.93. The van der Waals surface area contributed by atoms with Crippen molar-refractivity contribution in [2.24, 2.45) is 5.73 Å². The van der Waals surface area contributed by atoms with Crippen LogP contribution in [0.1, 0.15) is 74.8 Å². The van der Waals surface area contributed by atoms with Crippen LogP contribution in [0, 0.1) is 0 Å². The second-order valence-electron chi connectivity index (χ2n) is 6.61. The lowest BCUT2D eigenvalue weighted by Crippen LogP contribution is -2.38. The van der Waals surface area contributed by atoms with Crippen molar-refractivity contribution in [1.82, 2.24) is 0 Å². The summed E-state index contributed by atoms with van der Waals surface area (Å²) in [6.45, 7) is 0.830. The topological polar surface area (TPSA) is 26.0 Å². The number of benzene rings is 1. The molecule has 0 aliphatic heterocycles. The number of hydrogen-bond acceptors (Lipinski definition) is 1. The molecule has 0 saturated heterocycles. The first-order chi connectivity index (χ1) is 9.36. The van der Waals surface area contributed by atoms with Crippen molar-refractivity contribution in [3.8, 4) is 0 Å². The highest BCUT2D eigenvalue weighted by Crippen LogP contribution is 2.44. The minimum absolute atomic E-state index is 0.289. The molecule has 104 valence electrons. The highest BCUT2D eigenvalue weighted by atomic mass is 14.6. The minimum Gasteiger partial charge on any atom is -0.330 e. The molecule has 1 aromatic carbocycles. The van der Waals surface area contributed by atoms with Crippen LogP contribution in [0.25, 0.3) is 0 Å². The maximum absolute atomic E-state index is 6.24.